The number of morpholine rings is 1. The molecule has 33 heavy (non-hydrogen) atoms. The van der Waals surface area contributed by atoms with Gasteiger partial charge in [-0.25, -0.2) is 4.39 Å². The molecule has 8 heteroatoms. The lowest BCUT2D eigenvalue weighted by atomic mass is 10.1. The van der Waals surface area contributed by atoms with Crippen LogP contribution in [0.4, 0.5) is 4.39 Å². The van der Waals surface area contributed by atoms with Crippen LogP contribution in [0.3, 0.4) is 0 Å². The van der Waals surface area contributed by atoms with Gasteiger partial charge in [0, 0.05) is 38.6 Å². The monoisotopic (exact) mass is 459 g/mol. The van der Waals surface area contributed by atoms with Gasteiger partial charge in [0.05, 0.1) is 32.6 Å². The minimum Gasteiger partial charge on any atom is -0.467 e. The molecule has 0 saturated carbocycles. The van der Waals surface area contributed by atoms with Gasteiger partial charge in [0.2, 0.25) is 11.8 Å². The normalized spacial score (nSPS) is 14.4. The molecule has 0 atom stereocenters. The highest BCUT2D eigenvalue weighted by atomic mass is 19.1. The molecule has 1 saturated heterocycles. The molecule has 2 aromatic rings. The Balaban J connectivity index is 1.66. The number of hydrogen-bond donors (Lipinski definition) is 0. The van der Waals surface area contributed by atoms with E-state index < -0.39 is 0 Å². The van der Waals surface area contributed by atoms with Crippen molar-refractivity contribution in [2.24, 2.45) is 5.92 Å². The first kappa shape index (κ1) is 24.9. The summed E-state index contributed by atoms with van der Waals surface area (Å²) in [5.41, 5.74) is 0.811. The summed E-state index contributed by atoms with van der Waals surface area (Å²) in [7, 11) is 0. The molecule has 0 aliphatic carbocycles. The van der Waals surface area contributed by atoms with Crippen LogP contribution in [0.5, 0.6) is 0 Å². The lowest BCUT2D eigenvalue weighted by molar-refractivity contribution is -0.143. The molecule has 0 radical (unpaired) electrons. The number of amides is 2. The van der Waals surface area contributed by atoms with Gasteiger partial charge in [0.15, 0.2) is 0 Å². The predicted molar refractivity (Wildman–Crippen MR) is 123 cm³/mol. The zero-order valence-corrected chi connectivity index (χ0v) is 19.5. The van der Waals surface area contributed by atoms with Crippen LogP contribution in [0.15, 0.2) is 47.1 Å². The van der Waals surface area contributed by atoms with Crippen molar-refractivity contribution in [2.45, 2.75) is 33.4 Å². The Labute approximate surface area is 195 Å². The van der Waals surface area contributed by atoms with Crippen LogP contribution in [-0.4, -0.2) is 72.5 Å². The third-order valence-corrected chi connectivity index (χ3v) is 5.70. The number of halogens is 1. The fourth-order valence-electron chi connectivity index (χ4n) is 3.84. The molecule has 0 spiro atoms. The van der Waals surface area contributed by atoms with Gasteiger partial charge in [-0.1, -0.05) is 26.0 Å². The Morgan fingerprint density at radius 3 is 2.42 bits per heavy atom. The summed E-state index contributed by atoms with van der Waals surface area (Å²) < 4.78 is 24.2. The van der Waals surface area contributed by atoms with Crippen molar-refractivity contribution >= 4 is 11.8 Å². The second-order valence-electron chi connectivity index (χ2n) is 8.68. The van der Waals surface area contributed by atoms with Crippen molar-refractivity contribution in [1.29, 1.82) is 0 Å². The Bertz CT molecular complexity index is 864. The van der Waals surface area contributed by atoms with Crippen LogP contribution in [0.1, 0.15) is 31.6 Å². The quantitative estimate of drug-likeness (QED) is 0.517. The Morgan fingerprint density at radius 2 is 1.79 bits per heavy atom. The molecule has 7 nitrogen and oxygen atoms in total. The summed E-state index contributed by atoms with van der Waals surface area (Å²) >= 11 is 0. The molecule has 1 aliphatic rings. The minimum atomic E-state index is -0.323. The predicted octanol–water partition coefficient (Wildman–Crippen LogP) is 3.15. The second kappa shape index (κ2) is 12.5. The van der Waals surface area contributed by atoms with Gasteiger partial charge >= 0.3 is 0 Å². The molecule has 1 fully saturated rings. The molecule has 0 N–H and O–H groups in total. The van der Waals surface area contributed by atoms with E-state index in [-0.39, 0.29) is 36.6 Å². The zero-order valence-electron chi connectivity index (χ0n) is 19.5. The van der Waals surface area contributed by atoms with E-state index in [0.717, 1.165) is 44.8 Å². The molecule has 2 amide bonds. The maximum Gasteiger partial charge on any atom is 0.242 e. The standard InChI is InChI=1S/C25H34FN3O4/c1-20(2)25(31)28(11-4-10-27-12-15-32-16-13-27)19-24(30)29(18-23-5-3-14-33-23)17-21-6-8-22(26)9-7-21/h3,5-9,14,20H,4,10-13,15-19H2,1-2H3. The zero-order chi connectivity index (χ0) is 23.6. The van der Waals surface area contributed by atoms with Crippen molar-refractivity contribution in [2.75, 3.05) is 45.9 Å². The molecule has 1 aromatic carbocycles. The fraction of sp³-hybridized carbons (Fsp3) is 0.520. The van der Waals surface area contributed by atoms with Crippen LogP contribution >= 0.6 is 0 Å². The van der Waals surface area contributed by atoms with Gasteiger partial charge in [0.1, 0.15) is 11.6 Å². The van der Waals surface area contributed by atoms with E-state index in [4.69, 9.17) is 9.15 Å². The van der Waals surface area contributed by atoms with E-state index >= 15 is 0 Å². The first-order valence-corrected chi connectivity index (χ1v) is 11.6. The molecule has 3 rings (SSSR count). The SMILES string of the molecule is CC(C)C(=O)N(CCCN1CCOCC1)CC(=O)N(Cc1ccc(F)cc1)Cc1ccco1. The molecule has 180 valence electrons. The van der Waals surface area contributed by atoms with E-state index in [9.17, 15) is 14.0 Å². The van der Waals surface area contributed by atoms with Gasteiger partial charge in [-0.05, 0) is 36.2 Å². The van der Waals surface area contributed by atoms with Crippen LogP contribution < -0.4 is 0 Å². The first-order chi connectivity index (χ1) is 15.9. The summed E-state index contributed by atoms with van der Waals surface area (Å²) in [6, 6.07) is 9.67. The first-order valence-electron chi connectivity index (χ1n) is 11.6. The number of carbonyl (C=O) groups is 2. The number of ether oxygens (including phenoxy) is 1. The number of benzene rings is 1. The Kier molecular flexibility index (Phi) is 9.45. The van der Waals surface area contributed by atoms with Gasteiger partial charge in [-0.15, -0.1) is 0 Å². The third-order valence-electron chi connectivity index (χ3n) is 5.70. The number of carbonyl (C=O) groups excluding carboxylic acids is 2. The largest absolute Gasteiger partial charge is 0.467 e. The third kappa shape index (κ3) is 7.98. The van der Waals surface area contributed by atoms with Crippen LogP contribution in [-0.2, 0) is 27.4 Å². The van der Waals surface area contributed by atoms with Gasteiger partial charge in [-0.3, -0.25) is 14.5 Å². The van der Waals surface area contributed by atoms with Gasteiger partial charge < -0.3 is 19.0 Å². The number of hydrogen-bond acceptors (Lipinski definition) is 5. The highest BCUT2D eigenvalue weighted by Crippen LogP contribution is 2.14. The fourth-order valence-corrected chi connectivity index (χ4v) is 3.84. The molecule has 2 heterocycles. The van der Waals surface area contributed by atoms with Crippen molar-refractivity contribution in [3.63, 3.8) is 0 Å². The van der Waals surface area contributed by atoms with E-state index in [1.165, 1.54) is 12.1 Å². The molecule has 1 aromatic heterocycles. The van der Waals surface area contributed by atoms with Crippen LogP contribution in [0.2, 0.25) is 0 Å². The van der Waals surface area contributed by atoms with Gasteiger partial charge in [-0.2, -0.15) is 0 Å². The van der Waals surface area contributed by atoms with Crippen LogP contribution in [0.25, 0.3) is 0 Å². The molecule has 0 unspecified atom stereocenters. The Morgan fingerprint density at radius 1 is 1.06 bits per heavy atom. The lowest BCUT2D eigenvalue weighted by Crippen LogP contribution is -2.45. The second-order valence-corrected chi connectivity index (χ2v) is 8.68. The van der Waals surface area contributed by atoms with Crippen molar-refractivity contribution in [1.82, 2.24) is 14.7 Å². The summed E-state index contributed by atoms with van der Waals surface area (Å²) in [6.07, 6.45) is 2.36. The van der Waals surface area contributed by atoms with E-state index in [0.29, 0.717) is 18.8 Å². The summed E-state index contributed by atoms with van der Waals surface area (Å²) in [5, 5.41) is 0. The van der Waals surface area contributed by atoms with E-state index in [1.807, 2.05) is 19.9 Å². The lowest BCUT2D eigenvalue weighted by Gasteiger charge is -2.30. The van der Waals surface area contributed by atoms with E-state index in [1.54, 1.807) is 34.3 Å². The van der Waals surface area contributed by atoms with Crippen molar-refractivity contribution < 1.29 is 23.1 Å². The van der Waals surface area contributed by atoms with Gasteiger partial charge in [0.25, 0.3) is 0 Å². The van der Waals surface area contributed by atoms with Crippen molar-refractivity contribution in [3.8, 4) is 0 Å². The van der Waals surface area contributed by atoms with Crippen LogP contribution in [0, 0.1) is 11.7 Å². The minimum absolute atomic E-state index is 0.00201. The molecular weight excluding hydrogens is 425 g/mol. The maximum absolute atomic E-state index is 13.3. The number of furan rings is 1. The average Bonchev–Trinajstić information content (AvgIpc) is 3.32. The summed E-state index contributed by atoms with van der Waals surface area (Å²) in [6.45, 7) is 8.92. The molecule has 1 aliphatic heterocycles. The van der Waals surface area contributed by atoms with E-state index in [2.05, 4.69) is 4.90 Å². The summed E-state index contributed by atoms with van der Waals surface area (Å²) in [4.78, 5) is 31.8. The Hall–Kier alpha value is -2.71. The smallest absolute Gasteiger partial charge is 0.242 e. The molecular formula is C25H34FN3O4. The topological polar surface area (TPSA) is 66.2 Å². The number of rotatable bonds is 11. The van der Waals surface area contributed by atoms with Crippen molar-refractivity contribution in [3.05, 3.63) is 59.8 Å². The highest BCUT2D eigenvalue weighted by Gasteiger charge is 2.24. The average molecular weight is 460 g/mol. The highest BCUT2D eigenvalue weighted by molar-refractivity contribution is 5.85. The molecule has 0 bridgehead atoms. The number of nitrogens with zero attached hydrogens (tertiary/aromatic N) is 3. The summed E-state index contributed by atoms with van der Waals surface area (Å²) in [5.74, 6) is -0.0749. The maximum atomic E-state index is 13.3.